The summed E-state index contributed by atoms with van der Waals surface area (Å²) in [7, 11) is -1.67. The highest BCUT2D eigenvalue weighted by Crippen LogP contribution is 2.37. The summed E-state index contributed by atoms with van der Waals surface area (Å²) >= 11 is 0. The van der Waals surface area contributed by atoms with Crippen molar-refractivity contribution in [1.29, 1.82) is 0 Å². The highest BCUT2D eigenvalue weighted by atomic mass is 28.4. The molecule has 1 aromatic rings. The lowest BCUT2D eigenvalue weighted by Gasteiger charge is -2.36. The standard InChI is InChI=1S/C16H29NOSi/c1-13(11-17)15-9-7-8-14(10-15)12-18-19(5,6)16(2,3)4/h7-10,13H,11-12,17H2,1-6H3. The van der Waals surface area contributed by atoms with Crippen molar-refractivity contribution in [3.05, 3.63) is 35.4 Å². The maximum absolute atomic E-state index is 6.26. The van der Waals surface area contributed by atoms with Gasteiger partial charge in [0.25, 0.3) is 0 Å². The van der Waals surface area contributed by atoms with Gasteiger partial charge in [-0.2, -0.15) is 0 Å². The van der Waals surface area contributed by atoms with E-state index in [1.807, 2.05) is 0 Å². The van der Waals surface area contributed by atoms with Crippen LogP contribution in [0, 0.1) is 0 Å². The first kappa shape index (κ1) is 16.4. The van der Waals surface area contributed by atoms with E-state index in [0.29, 0.717) is 19.1 Å². The molecule has 3 heteroatoms. The van der Waals surface area contributed by atoms with Crippen LogP contribution in [0.25, 0.3) is 0 Å². The van der Waals surface area contributed by atoms with E-state index in [4.69, 9.17) is 10.2 Å². The number of hydrogen-bond acceptors (Lipinski definition) is 2. The van der Waals surface area contributed by atoms with E-state index in [2.05, 4.69) is 65.1 Å². The highest BCUT2D eigenvalue weighted by molar-refractivity contribution is 6.74. The van der Waals surface area contributed by atoms with Crippen LogP contribution in [-0.4, -0.2) is 14.9 Å². The molecule has 0 bridgehead atoms. The zero-order valence-electron chi connectivity index (χ0n) is 13.3. The van der Waals surface area contributed by atoms with Crippen molar-refractivity contribution in [2.75, 3.05) is 6.54 Å². The van der Waals surface area contributed by atoms with Crippen LogP contribution in [0.5, 0.6) is 0 Å². The molecule has 19 heavy (non-hydrogen) atoms. The Hall–Kier alpha value is -0.643. The molecule has 0 heterocycles. The summed E-state index contributed by atoms with van der Waals surface area (Å²) in [6.07, 6.45) is 0. The lowest BCUT2D eigenvalue weighted by molar-refractivity contribution is 0.276. The lowest BCUT2D eigenvalue weighted by Crippen LogP contribution is -2.40. The van der Waals surface area contributed by atoms with Gasteiger partial charge >= 0.3 is 0 Å². The van der Waals surface area contributed by atoms with Crippen molar-refractivity contribution in [2.45, 2.75) is 58.4 Å². The summed E-state index contributed by atoms with van der Waals surface area (Å²) in [5, 5.41) is 0.259. The average molecular weight is 279 g/mol. The summed E-state index contributed by atoms with van der Waals surface area (Å²) in [6, 6.07) is 8.61. The fourth-order valence-electron chi connectivity index (χ4n) is 1.61. The van der Waals surface area contributed by atoms with E-state index in [-0.39, 0.29) is 5.04 Å². The van der Waals surface area contributed by atoms with E-state index in [0.717, 1.165) is 0 Å². The fraction of sp³-hybridized carbons (Fsp3) is 0.625. The molecule has 0 saturated carbocycles. The van der Waals surface area contributed by atoms with Crippen molar-refractivity contribution >= 4 is 8.32 Å². The fourth-order valence-corrected chi connectivity index (χ4v) is 2.57. The molecular formula is C16H29NOSi. The molecule has 0 amide bonds. The van der Waals surface area contributed by atoms with Gasteiger partial charge in [-0.1, -0.05) is 52.0 Å². The second kappa shape index (κ2) is 6.20. The Bertz CT molecular complexity index is 409. The van der Waals surface area contributed by atoms with Crippen LogP contribution in [-0.2, 0) is 11.0 Å². The molecule has 1 rings (SSSR count). The number of nitrogens with two attached hydrogens (primary N) is 1. The van der Waals surface area contributed by atoms with Crippen LogP contribution in [0.15, 0.2) is 24.3 Å². The van der Waals surface area contributed by atoms with Crippen LogP contribution < -0.4 is 5.73 Å². The van der Waals surface area contributed by atoms with Crippen molar-refractivity contribution in [1.82, 2.24) is 0 Å². The second-order valence-corrected chi connectivity index (χ2v) is 11.7. The predicted molar refractivity (Wildman–Crippen MR) is 85.9 cm³/mol. The largest absolute Gasteiger partial charge is 0.413 e. The Labute approximate surface area is 119 Å². The van der Waals surface area contributed by atoms with Crippen LogP contribution in [0.2, 0.25) is 18.1 Å². The first-order valence-corrected chi connectivity index (χ1v) is 10.0. The molecule has 108 valence electrons. The Morgan fingerprint density at radius 3 is 2.42 bits per heavy atom. The molecule has 2 N–H and O–H groups in total. The van der Waals surface area contributed by atoms with Crippen molar-refractivity contribution in [3.63, 3.8) is 0 Å². The molecule has 0 saturated heterocycles. The van der Waals surface area contributed by atoms with Gasteiger partial charge in [0.15, 0.2) is 8.32 Å². The van der Waals surface area contributed by atoms with E-state index >= 15 is 0 Å². The molecule has 1 aromatic carbocycles. The third-order valence-corrected chi connectivity index (χ3v) is 8.76. The van der Waals surface area contributed by atoms with Gasteiger partial charge in [-0.05, 0) is 41.7 Å². The summed E-state index contributed by atoms with van der Waals surface area (Å²) < 4.78 is 6.26. The maximum Gasteiger partial charge on any atom is 0.192 e. The molecule has 2 nitrogen and oxygen atoms in total. The molecule has 0 aromatic heterocycles. The monoisotopic (exact) mass is 279 g/mol. The van der Waals surface area contributed by atoms with Gasteiger partial charge in [0.05, 0.1) is 6.61 Å². The minimum absolute atomic E-state index is 0.259. The molecule has 0 radical (unpaired) electrons. The van der Waals surface area contributed by atoms with Crippen LogP contribution in [0.4, 0.5) is 0 Å². The van der Waals surface area contributed by atoms with E-state index < -0.39 is 8.32 Å². The number of rotatable bonds is 5. The first-order valence-electron chi connectivity index (χ1n) is 7.10. The zero-order valence-corrected chi connectivity index (χ0v) is 14.3. The van der Waals surface area contributed by atoms with Crippen molar-refractivity contribution in [3.8, 4) is 0 Å². The molecule has 1 atom stereocenters. The first-order chi connectivity index (χ1) is 8.67. The Balaban J connectivity index is 2.74. The van der Waals surface area contributed by atoms with Gasteiger partial charge in [0.2, 0.25) is 0 Å². The molecule has 0 aliphatic heterocycles. The Morgan fingerprint density at radius 1 is 1.26 bits per heavy atom. The zero-order chi connectivity index (χ0) is 14.7. The number of benzene rings is 1. The minimum Gasteiger partial charge on any atom is -0.413 e. The smallest absolute Gasteiger partial charge is 0.192 e. The minimum atomic E-state index is -1.67. The molecule has 0 aliphatic rings. The molecule has 0 fully saturated rings. The van der Waals surface area contributed by atoms with E-state index in [9.17, 15) is 0 Å². The predicted octanol–water partition coefficient (Wildman–Crippen LogP) is 4.27. The summed E-state index contributed by atoms with van der Waals surface area (Å²) in [5.41, 5.74) is 8.29. The van der Waals surface area contributed by atoms with Crippen LogP contribution in [0.3, 0.4) is 0 Å². The van der Waals surface area contributed by atoms with Crippen LogP contribution >= 0.6 is 0 Å². The Kier molecular flexibility index (Phi) is 5.36. The lowest BCUT2D eigenvalue weighted by atomic mass is 9.99. The van der Waals surface area contributed by atoms with Crippen LogP contribution in [0.1, 0.15) is 44.7 Å². The van der Waals surface area contributed by atoms with E-state index in [1.54, 1.807) is 0 Å². The third-order valence-electron chi connectivity index (χ3n) is 4.28. The van der Waals surface area contributed by atoms with Gasteiger partial charge in [-0.3, -0.25) is 0 Å². The highest BCUT2D eigenvalue weighted by Gasteiger charge is 2.36. The summed E-state index contributed by atoms with van der Waals surface area (Å²) in [6.45, 7) is 14.9. The SMILES string of the molecule is CC(CN)c1cccc(CO[Si](C)(C)C(C)(C)C)c1. The number of hydrogen-bond donors (Lipinski definition) is 1. The van der Waals surface area contributed by atoms with Gasteiger partial charge in [-0.15, -0.1) is 0 Å². The Morgan fingerprint density at radius 2 is 1.89 bits per heavy atom. The van der Waals surface area contributed by atoms with Gasteiger partial charge in [0, 0.05) is 0 Å². The second-order valence-electron chi connectivity index (χ2n) is 6.93. The van der Waals surface area contributed by atoms with Crippen molar-refractivity contribution in [2.24, 2.45) is 5.73 Å². The quantitative estimate of drug-likeness (QED) is 0.817. The summed E-state index contributed by atoms with van der Waals surface area (Å²) in [5.74, 6) is 0.410. The van der Waals surface area contributed by atoms with Crippen molar-refractivity contribution < 1.29 is 4.43 Å². The van der Waals surface area contributed by atoms with E-state index in [1.165, 1.54) is 11.1 Å². The maximum atomic E-state index is 6.26. The summed E-state index contributed by atoms with van der Waals surface area (Å²) in [4.78, 5) is 0. The molecule has 1 unspecified atom stereocenters. The topological polar surface area (TPSA) is 35.2 Å². The normalized spacial score (nSPS) is 14.5. The van der Waals surface area contributed by atoms with Gasteiger partial charge in [-0.25, -0.2) is 0 Å². The molecular weight excluding hydrogens is 250 g/mol. The molecule has 0 spiro atoms. The van der Waals surface area contributed by atoms with Gasteiger partial charge in [0.1, 0.15) is 0 Å². The third kappa shape index (κ3) is 4.44. The van der Waals surface area contributed by atoms with Gasteiger partial charge < -0.3 is 10.2 Å². The molecule has 0 aliphatic carbocycles. The average Bonchev–Trinajstić information content (AvgIpc) is 2.34.